The Morgan fingerprint density at radius 1 is 1.67 bits per heavy atom. The van der Waals surface area contributed by atoms with Crippen LogP contribution in [0.25, 0.3) is 5.13 Å². The first-order chi connectivity index (χ1) is 7.27. The molecule has 2 heterocycles. The third-order valence-corrected chi connectivity index (χ3v) is 2.62. The Bertz CT molecular complexity index is 506. The van der Waals surface area contributed by atoms with E-state index in [1.807, 2.05) is 11.4 Å². The van der Waals surface area contributed by atoms with Gasteiger partial charge in [-0.3, -0.25) is 0 Å². The molecular weight excluding hydrogens is 212 g/mol. The van der Waals surface area contributed by atoms with E-state index in [0.29, 0.717) is 22.3 Å². The molecule has 0 bridgehead atoms. The number of aromatic nitrogens is 3. The lowest BCUT2D eigenvalue weighted by atomic mass is 10.3. The van der Waals surface area contributed by atoms with Gasteiger partial charge in [-0.15, -0.1) is 16.4 Å². The largest absolute Gasteiger partial charge is 0.382 e. The molecule has 76 valence electrons. The normalized spacial score (nSPS) is 9.87. The molecule has 0 aliphatic heterocycles. The van der Waals surface area contributed by atoms with Gasteiger partial charge in [-0.05, 0) is 0 Å². The van der Waals surface area contributed by atoms with E-state index in [1.54, 1.807) is 13.2 Å². The van der Waals surface area contributed by atoms with E-state index in [-0.39, 0.29) is 0 Å². The zero-order chi connectivity index (χ0) is 10.8. The van der Waals surface area contributed by atoms with Gasteiger partial charge in [0.15, 0.2) is 5.82 Å². The third kappa shape index (κ3) is 1.41. The van der Waals surface area contributed by atoms with Gasteiger partial charge in [0.05, 0.1) is 0 Å². The summed E-state index contributed by atoms with van der Waals surface area (Å²) in [5, 5.41) is 18.3. The highest BCUT2D eigenvalue weighted by Crippen LogP contribution is 2.24. The number of nitrogens with two attached hydrogens (primary N) is 1. The van der Waals surface area contributed by atoms with Crippen molar-refractivity contribution >= 4 is 23.0 Å². The summed E-state index contributed by atoms with van der Waals surface area (Å²) < 4.78 is 1.45. The quantitative estimate of drug-likeness (QED) is 0.781. The molecule has 6 nitrogen and oxygen atoms in total. The summed E-state index contributed by atoms with van der Waals surface area (Å²) >= 11 is 1.41. The van der Waals surface area contributed by atoms with Crippen LogP contribution in [0.4, 0.5) is 11.6 Å². The summed E-state index contributed by atoms with van der Waals surface area (Å²) in [6.07, 6.45) is 1.66. The van der Waals surface area contributed by atoms with Gasteiger partial charge in [0.2, 0.25) is 5.13 Å². The van der Waals surface area contributed by atoms with Gasteiger partial charge in [-0.2, -0.15) is 9.94 Å². The van der Waals surface area contributed by atoms with Gasteiger partial charge >= 0.3 is 0 Å². The van der Waals surface area contributed by atoms with Gasteiger partial charge in [0, 0.05) is 18.6 Å². The van der Waals surface area contributed by atoms with E-state index >= 15 is 0 Å². The van der Waals surface area contributed by atoms with Crippen LogP contribution in [-0.2, 0) is 0 Å². The van der Waals surface area contributed by atoms with E-state index in [0.717, 1.165) is 0 Å². The molecule has 0 saturated heterocycles. The predicted molar refractivity (Wildman–Crippen MR) is 57.9 cm³/mol. The van der Waals surface area contributed by atoms with Crippen molar-refractivity contribution in [1.29, 1.82) is 5.26 Å². The number of thiazole rings is 1. The molecule has 0 radical (unpaired) electrons. The minimum atomic E-state index is 0.303. The first kappa shape index (κ1) is 9.48. The molecule has 0 aliphatic rings. The number of nitrogen functional groups attached to an aromatic ring is 1. The highest BCUT2D eigenvalue weighted by atomic mass is 32.1. The lowest BCUT2D eigenvalue weighted by Crippen LogP contribution is -2.01. The molecule has 0 amide bonds. The minimum Gasteiger partial charge on any atom is -0.382 e. The molecule has 2 rings (SSSR count). The van der Waals surface area contributed by atoms with Crippen molar-refractivity contribution < 1.29 is 0 Å². The number of nitrogens with one attached hydrogen (secondary N) is 1. The first-order valence-corrected chi connectivity index (χ1v) is 5.02. The summed E-state index contributed by atoms with van der Waals surface area (Å²) in [5.41, 5.74) is 6.13. The number of rotatable bonds is 2. The van der Waals surface area contributed by atoms with Gasteiger partial charge in [0.1, 0.15) is 17.5 Å². The molecule has 0 aliphatic carbocycles. The monoisotopic (exact) mass is 220 g/mol. The standard InChI is InChI=1S/C8H8N6S/c1-11-7-5(4-9)6(10)14(13-7)8-12-2-3-15-8/h2-3H,10H2,1H3,(H,11,13). The highest BCUT2D eigenvalue weighted by Gasteiger charge is 2.16. The minimum absolute atomic E-state index is 0.303. The average Bonchev–Trinajstić information content (AvgIpc) is 2.84. The molecule has 0 saturated carbocycles. The molecule has 7 heteroatoms. The van der Waals surface area contributed by atoms with Gasteiger partial charge < -0.3 is 11.1 Å². The Labute approximate surface area is 90.0 Å². The molecule has 0 spiro atoms. The van der Waals surface area contributed by atoms with Gasteiger partial charge in [-0.1, -0.05) is 0 Å². The van der Waals surface area contributed by atoms with Crippen LogP contribution in [0.2, 0.25) is 0 Å². The van der Waals surface area contributed by atoms with Crippen LogP contribution >= 0.6 is 11.3 Å². The smallest absolute Gasteiger partial charge is 0.212 e. The second kappa shape index (κ2) is 3.59. The first-order valence-electron chi connectivity index (χ1n) is 4.14. The summed E-state index contributed by atoms with van der Waals surface area (Å²) in [6, 6.07) is 2.00. The van der Waals surface area contributed by atoms with Crippen molar-refractivity contribution in [2.75, 3.05) is 18.1 Å². The van der Waals surface area contributed by atoms with Crippen LogP contribution in [-0.4, -0.2) is 21.8 Å². The Morgan fingerprint density at radius 3 is 2.93 bits per heavy atom. The fourth-order valence-corrected chi connectivity index (χ4v) is 1.79. The van der Waals surface area contributed by atoms with Gasteiger partial charge in [-0.25, -0.2) is 4.98 Å². The molecule has 3 N–H and O–H groups in total. The van der Waals surface area contributed by atoms with Crippen molar-refractivity contribution in [1.82, 2.24) is 14.8 Å². The SMILES string of the molecule is CNc1nn(-c2nccs2)c(N)c1C#N. The van der Waals surface area contributed by atoms with Crippen molar-refractivity contribution in [2.24, 2.45) is 0 Å². The van der Waals surface area contributed by atoms with Crippen LogP contribution in [0.15, 0.2) is 11.6 Å². The van der Waals surface area contributed by atoms with E-state index in [9.17, 15) is 0 Å². The Kier molecular flexibility index (Phi) is 2.27. The average molecular weight is 220 g/mol. The number of hydrogen-bond donors (Lipinski definition) is 2. The summed E-state index contributed by atoms with van der Waals surface area (Å²) in [5.74, 6) is 0.766. The van der Waals surface area contributed by atoms with E-state index in [1.165, 1.54) is 16.0 Å². The molecular formula is C8H8N6S. The molecule has 2 aromatic heterocycles. The van der Waals surface area contributed by atoms with E-state index in [4.69, 9.17) is 11.0 Å². The third-order valence-electron chi connectivity index (χ3n) is 1.87. The second-order valence-corrected chi connectivity index (χ2v) is 3.57. The maximum atomic E-state index is 8.90. The summed E-state index contributed by atoms with van der Waals surface area (Å²) in [7, 11) is 1.69. The zero-order valence-electron chi connectivity index (χ0n) is 7.93. The lowest BCUT2D eigenvalue weighted by molar-refractivity contribution is 0.882. The molecule has 0 fully saturated rings. The predicted octanol–water partition coefficient (Wildman–Crippen LogP) is 0.824. The number of nitriles is 1. The Morgan fingerprint density at radius 2 is 2.47 bits per heavy atom. The van der Waals surface area contributed by atoms with Crippen LogP contribution in [0, 0.1) is 11.3 Å². The van der Waals surface area contributed by atoms with Crippen LogP contribution in [0.1, 0.15) is 5.56 Å². The Hall–Kier alpha value is -2.07. The van der Waals surface area contributed by atoms with E-state index < -0.39 is 0 Å². The molecule has 15 heavy (non-hydrogen) atoms. The summed E-state index contributed by atoms with van der Waals surface area (Å²) in [4.78, 5) is 4.07. The fourth-order valence-electron chi connectivity index (χ4n) is 1.18. The lowest BCUT2D eigenvalue weighted by Gasteiger charge is -1.96. The Balaban J connectivity index is 2.61. The fraction of sp³-hybridized carbons (Fsp3) is 0.125. The zero-order valence-corrected chi connectivity index (χ0v) is 8.75. The molecule has 0 aromatic carbocycles. The van der Waals surface area contributed by atoms with Crippen molar-refractivity contribution in [3.63, 3.8) is 0 Å². The number of anilines is 2. The van der Waals surface area contributed by atoms with Crippen molar-refractivity contribution in [3.05, 3.63) is 17.1 Å². The highest BCUT2D eigenvalue weighted by molar-refractivity contribution is 7.12. The summed E-state index contributed by atoms with van der Waals surface area (Å²) in [6.45, 7) is 0. The number of hydrogen-bond acceptors (Lipinski definition) is 6. The van der Waals surface area contributed by atoms with Crippen molar-refractivity contribution in [3.8, 4) is 11.2 Å². The van der Waals surface area contributed by atoms with Gasteiger partial charge in [0.25, 0.3) is 0 Å². The maximum absolute atomic E-state index is 8.90. The van der Waals surface area contributed by atoms with Crippen LogP contribution in [0.3, 0.4) is 0 Å². The maximum Gasteiger partial charge on any atom is 0.212 e. The molecule has 2 aromatic rings. The van der Waals surface area contributed by atoms with Crippen LogP contribution in [0.5, 0.6) is 0 Å². The van der Waals surface area contributed by atoms with E-state index in [2.05, 4.69) is 15.4 Å². The topological polar surface area (TPSA) is 92.6 Å². The number of nitrogens with zero attached hydrogens (tertiary/aromatic N) is 4. The van der Waals surface area contributed by atoms with Crippen molar-refractivity contribution in [2.45, 2.75) is 0 Å². The van der Waals surface area contributed by atoms with Crippen LogP contribution < -0.4 is 11.1 Å². The molecule has 0 atom stereocenters. The molecule has 0 unspecified atom stereocenters. The second-order valence-electron chi connectivity index (χ2n) is 2.70.